The first-order valence-corrected chi connectivity index (χ1v) is 5.94. The fourth-order valence-electron chi connectivity index (χ4n) is 1.30. The van der Waals surface area contributed by atoms with Gasteiger partial charge in [0.05, 0.1) is 10.2 Å². The van der Waals surface area contributed by atoms with E-state index in [1.54, 1.807) is 12.1 Å². The van der Waals surface area contributed by atoms with Crippen LogP contribution in [0, 0.1) is 12.7 Å². The van der Waals surface area contributed by atoms with Crippen LogP contribution in [0.25, 0.3) is 0 Å². The summed E-state index contributed by atoms with van der Waals surface area (Å²) in [6, 6.07) is 4.79. The van der Waals surface area contributed by atoms with Gasteiger partial charge in [0, 0.05) is 0 Å². The molecule has 1 aromatic heterocycles. The summed E-state index contributed by atoms with van der Waals surface area (Å²) in [5, 5.41) is 3.14. The molecule has 0 amide bonds. The van der Waals surface area contributed by atoms with Gasteiger partial charge in [-0.1, -0.05) is 17.7 Å². The van der Waals surface area contributed by atoms with Crippen LogP contribution in [-0.2, 0) is 0 Å². The number of aromatic nitrogens is 2. The SMILES string of the molecule is Cc1ccc(F)c(Nc2ncnc(Cl)c2Br)c1. The second-order valence-electron chi connectivity index (χ2n) is 3.44. The summed E-state index contributed by atoms with van der Waals surface area (Å²) < 4.78 is 14.0. The van der Waals surface area contributed by atoms with E-state index in [2.05, 4.69) is 31.2 Å². The van der Waals surface area contributed by atoms with E-state index in [0.29, 0.717) is 16.0 Å². The average molecular weight is 317 g/mol. The maximum Gasteiger partial charge on any atom is 0.149 e. The zero-order chi connectivity index (χ0) is 12.4. The van der Waals surface area contributed by atoms with E-state index in [0.717, 1.165) is 5.56 Å². The van der Waals surface area contributed by atoms with E-state index in [-0.39, 0.29) is 11.0 Å². The summed E-state index contributed by atoms with van der Waals surface area (Å²) in [6.07, 6.45) is 1.31. The number of nitrogens with one attached hydrogen (secondary N) is 1. The Hall–Kier alpha value is -1.20. The minimum Gasteiger partial charge on any atom is -0.337 e. The zero-order valence-corrected chi connectivity index (χ0v) is 11.2. The molecule has 0 aliphatic carbocycles. The molecule has 6 heteroatoms. The molecule has 2 rings (SSSR count). The quantitative estimate of drug-likeness (QED) is 0.848. The normalized spacial score (nSPS) is 10.4. The van der Waals surface area contributed by atoms with Gasteiger partial charge in [0.1, 0.15) is 23.1 Å². The van der Waals surface area contributed by atoms with Crippen LogP contribution in [0.4, 0.5) is 15.9 Å². The number of rotatable bonds is 2. The van der Waals surface area contributed by atoms with Gasteiger partial charge in [-0.05, 0) is 40.5 Å². The minimum atomic E-state index is -0.350. The molecule has 1 N–H and O–H groups in total. The Morgan fingerprint density at radius 1 is 1.35 bits per heavy atom. The minimum absolute atomic E-state index is 0.274. The summed E-state index contributed by atoms with van der Waals surface area (Å²) in [7, 11) is 0. The molecule has 0 aliphatic rings. The molecule has 0 atom stereocenters. The lowest BCUT2D eigenvalue weighted by molar-refractivity contribution is 0.631. The van der Waals surface area contributed by atoms with Crippen LogP contribution >= 0.6 is 27.5 Å². The van der Waals surface area contributed by atoms with Crippen molar-refractivity contribution in [2.24, 2.45) is 0 Å². The molecule has 0 saturated heterocycles. The zero-order valence-electron chi connectivity index (χ0n) is 8.84. The molecular weight excluding hydrogens is 308 g/mol. The first kappa shape index (κ1) is 12.3. The monoisotopic (exact) mass is 315 g/mol. The Bertz CT molecular complexity index is 562. The van der Waals surface area contributed by atoms with Crippen LogP contribution < -0.4 is 5.32 Å². The maximum absolute atomic E-state index is 13.5. The van der Waals surface area contributed by atoms with Gasteiger partial charge >= 0.3 is 0 Å². The smallest absolute Gasteiger partial charge is 0.149 e. The Morgan fingerprint density at radius 3 is 2.88 bits per heavy atom. The van der Waals surface area contributed by atoms with Crippen LogP contribution in [0.2, 0.25) is 5.15 Å². The molecule has 0 aliphatic heterocycles. The van der Waals surface area contributed by atoms with E-state index in [9.17, 15) is 4.39 Å². The van der Waals surface area contributed by atoms with Crippen LogP contribution in [0.1, 0.15) is 5.56 Å². The molecule has 3 nitrogen and oxygen atoms in total. The molecule has 0 unspecified atom stereocenters. The summed E-state index contributed by atoms with van der Waals surface area (Å²) in [4.78, 5) is 7.78. The van der Waals surface area contributed by atoms with Gasteiger partial charge in [0.15, 0.2) is 0 Å². The molecule has 17 heavy (non-hydrogen) atoms. The van der Waals surface area contributed by atoms with E-state index >= 15 is 0 Å². The molecule has 0 bridgehead atoms. The highest BCUT2D eigenvalue weighted by Gasteiger charge is 2.09. The number of halogens is 3. The Labute approximate surface area is 111 Å². The molecule has 0 saturated carbocycles. The lowest BCUT2D eigenvalue weighted by atomic mass is 10.2. The maximum atomic E-state index is 13.5. The van der Waals surface area contributed by atoms with Gasteiger partial charge in [0.25, 0.3) is 0 Å². The van der Waals surface area contributed by atoms with Crippen molar-refractivity contribution in [1.82, 2.24) is 9.97 Å². The number of hydrogen-bond donors (Lipinski definition) is 1. The molecule has 88 valence electrons. The third-order valence-electron chi connectivity index (χ3n) is 2.12. The molecule has 0 radical (unpaired) electrons. The second-order valence-corrected chi connectivity index (χ2v) is 4.59. The number of hydrogen-bond acceptors (Lipinski definition) is 3. The van der Waals surface area contributed by atoms with Crippen molar-refractivity contribution in [3.63, 3.8) is 0 Å². The highest BCUT2D eigenvalue weighted by molar-refractivity contribution is 9.10. The molecule has 0 fully saturated rings. The van der Waals surface area contributed by atoms with Gasteiger partial charge in [-0.3, -0.25) is 0 Å². The van der Waals surface area contributed by atoms with Crippen LogP contribution in [0.5, 0.6) is 0 Å². The molecule has 0 spiro atoms. The average Bonchev–Trinajstić information content (AvgIpc) is 2.30. The second kappa shape index (κ2) is 4.98. The van der Waals surface area contributed by atoms with Crippen molar-refractivity contribution in [1.29, 1.82) is 0 Å². The van der Waals surface area contributed by atoms with Gasteiger partial charge in [-0.2, -0.15) is 0 Å². The highest BCUT2D eigenvalue weighted by Crippen LogP contribution is 2.29. The fraction of sp³-hybridized carbons (Fsp3) is 0.0909. The van der Waals surface area contributed by atoms with Crippen molar-refractivity contribution in [2.45, 2.75) is 6.92 Å². The van der Waals surface area contributed by atoms with Crippen molar-refractivity contribution in [3.8, 4) is 0 Å². The van der Waals surface area contributed by atoms with Crippen LogP contribution in [0.3, 0.4) is 0 Å². The van der Waals surface area contributed by atoms with Gasteiger partial charge < -0.3 is 5.32 Å². The van der Waals surface area contributed by atoms with E-state index in [1.165, 1.54) is 12.4 Å². The predicted molar refractivity (Wildman–Crippen MR) is 69.2 cm³/mol. The van der Waals surface area contributed by atoms with Gasteiger partial charge in [-0.15, -0.1) is 0 Å². The van der Waals surface area contributed by atoms with Gasteiger partial charge in [0.2, 0.25) is 0 Å². The van der Waals surface area contributed by atoms with Gasteiger partial charge in [-0.25, -0.2) is 14.4 Å². The standard InChI is InChI=1S/C11H8BrClFN3/c1-6-2-3-7(14)8(4-6)17-11-9(12)10(13)15-5-16-11/h2-5H,1H3,(H,15,16,17). The van der Waals surface area contributed by atoms with Crippen molar-refractivity contribution in [3.05, 3.63) is 45.5 Å². The third kappa shape index (κ3) is 2.73. The van der Waals surface area contributed by atoms with E-state index < -0.39 is 0 Å². The summed E-state index contributed by atoms with van der Waals surface area (Å²) in [6.45, 7) is 1.88. The van der Waals surface area contributed by atoms with Crippen LogP contribution in [-0.4, -0.2) is 9.97 Å². The lowest BCUT2D eigenvalue weighted by Gasteiger charge is -2.09. The Kier molecular flexibility index (Phi) is 3.59. The number of benzene rings is 1. The Morgan fingerprint density at radius 2 is 2.12 bits per heavy atom. The summed E-state index contributed by atoms with van der Waals surface area (Å²) in [5.74, 6) is 0.0757. The van der Waals surface area contributed by atoms with Crippen molar-refractivity contribution < 1.29 is 4.39 Å². The summed E-state index contributed by atoms with van der Waals surface area (Å²) >= 11 is 9.06. The molecule has 1 heterocycles. The first-order valence-electron chi connectivity index (χ1n) is 4.77. The van der Waals surface area contributed by atoms with Crippen LogP contribution in [0.15, 0.2) is 29.0 Å². The predicted octanol–water partition coefficient (Wildman–Crippen LogP) is 4.08. The molecule has 2 aromatic rings. The van der Waals surface area contributed by atoms with E-state index in [4.69, 9.17) is 11.6 Å². The van der Waals surface area contributed by atoms with E-state index in [1.807, 2.05) is 6.92 Å². The summed E-state index contributed by atoms with van der Waals surface area (Å²) in [5.41, 5.74) is 1.30. The molecular formula is C11H8BrClFN3. The third-order valence-corrected chi connectivity index (χ3v) is 3.39. The highest BCUT2D eigenvalue weighted by atomic mass is 79.9. The topological polar surface area (TPSA) is 37.8 Å². The number of nitrogens with zero attached hydrogens (tertiary/aromatic N) is 2. The largest absolute Gasteiger partial charge is 0.337 e. The lowest BCUT2D eigenvalue weighted by Crippen LogP contribution is -1.98. The fourth-order valence-corrected chi connectivity index (χ4v) is 1.73. The Balaban J connectivity index is 2.38. The molecule has 1 aromatic carbocycles. The van der Waals surface area contributed by atoms with Crippen molar-refractivity contribution >= 4 is 39.0 Å². The van der Waals surface area contributed by atoms with Crippen molar-refractivity contribution in [2.75, 3.05) is 5.32 Å². The number of anilines is 2. The first-order chi connectivity index (χ1) is 8.08. The number of aryl methyl sites for hydroxylation is 1.